The van der Waals surface area contributed by atoms with Crippen molar-refractivity contribution in [1.82, 2.24) is 0 Å². The van der Waals surface area contributed by atoms with E-state index in [1.54, 1.807) is 31.4 Å². The summed E-state index contributed by atoms with van der Waals surface area (Å²) in [4.78, 5) is 24.7. The molecule has 0 aliphatic rings. The van der Waals surface area contributed by atoms with Gasteiger partial charge in [0.25, 0.3) is 0 Å². The highest BCUT2D eigenvalue weighted by Crippen LogP contribution is 2.14. The van der Waals surface area contributed by atoms with Gasteiger partial charge in [-0.25, -0.2) is 0 Å². The minimum atomic E-state index is -0.0123. The van der Waals surface area contributed by atoms with Crippen LogP contribution in [0.2, 0.25) is 0 Å². The lowest BCUT2D eigenvalue weighted by Crippen LogP contribution is -2.07. The van der Waals surface area contributed by atoms with Gasteiger partial charge in [-0.05, 0) is 23.3 Å². The standard InChI is InChI=1S/C23H20O3/c1-26-22-13-9-18(10-14-22)16-21(24)15-17-7-11-20(12-8-17)23(25)19-5-3-2-4-6-19/h2-14H,15-16H2,1H3. The van der Waals surface area contributed by atoms with E-state index in [9.17, 15) is 9.59 Å². The van der Waals surface area contributed by atoms with Gasteiger partial charge in [-0.2, -0.15) is 0 Å². The van der Waals surface area contributed by atoms with E-state index < -0.39 is 0 Å². The fourth-order valence-electron chi connectivity index (χ4n) is 2.79. The second kappa shape index (κ2) is 8.26. The van der Waals surface area contributed by atoms with Gasteiger partial charge in [0.2, 0.25) is 0 Å². The van der Waals surface area contributed by atoms with Gasteiger partial charge in [-0.1, -0.05) is 66.7 Å². The Labute approximate surface area is 153 Å². The van der Waals surface area contributed by atoms with Gasteiger partial charge in [0.15, 0.2) is 5.78 Å². The molecule has 3 aromatic carbocycles. The molecule has 0 aromatic heterocycles. The van der Waals surface area contributed by atoms with Crippen molar-refractivity contribution in [2.75, 3.05) is 7.11 Å². The predicted molar refractivity (Wildman–Crippen MR) is 102 cm³/mol. The minimum Gasteiger partial charge on any atom is -0.497 e. The highest BCUT2D eigenvalue weighted by Gasteiger charge is 2.10. The summed E-state index contributed by atoms with van der Waals surface area (Å²) >= 11 is 0. The summed E-state index contributed by atoms with van der Waals surface area (Å²) in [7, 11) is 1.62. The molecule has 3 rings (SSSR count). The van der Waals surface area contributed by atoms with Crippen molar-refractivity contribution in [3.8, 4) is 5.75 Å². The van der Waals surface area contributed by atoms with E-state index in [0.29, 0.717) is 24.0 Å². The van der Waals surface area contributed by atoms with Gasteiger partial charge in [0.05, 0.1) is 7.11 Å². The normalized spacial score (nSPS) is 10.3. The van der Waals surface area contributed by atoms with Gasteiger partial charge in [0, 0.05) is 24.0 Å². The third kappa shape index (κ3) is 4.45. The first kappa shape index (κ1) is 17.6. The molecule has 3 nitrogen and oxygen atoms in total. The van der Waals surface area contributed by atoms with Gasteiger partial charge in [0.1, 0.15) is 11.5 Å². The van der Waals surface area contributed by atoms with Crippen LogP contribution in [0.15, 0.2) is 78.9 Å². The minimum absolute atomic E-state index is 0.0123. The van der Waals surface area contributed by atoms with Crippen molar-refractivity contribution in [2.45, 2.75) is 12.8 Å². The summed E-state index contributed by atoms with van der Waals surface area (Å²) in [5.41, 5.74) is 3.16. The van der Waals surface area contributed by atoms with Crippen LogP contribution in [0.3, 0.4) is 0 Å². The molecular weight excluding hydrogens is 324 g/mol. The molecule has 0 saturated heterocycles. The molecule has 130 valence electrons. The Hall–Kier alpha value is -3.20. The highest BCUT2D eigenvalue weighted by atomic mass is 16.5. The molecule has 0 saturated carbocycles. The van der Waals surface area contributed by atoms with Gasteiger partial charge < -0.3 is 4.74 Å². The molecule has 0 radical (unpaired) electrons. The Bertz CT molecular complexity index is 879. The number of hydrogen-bond acceptors (Lipinski definition) is 3. The van der Waals surface area contributed by atoms with Crippen molar-refractivity contribution < 1.29 is 14.3 Å². The Kier molecular flexibility index (Phi) is 5.59. The number of benzene rings is 3. The van der Waals surface area contributed by atoms with Crippen molar-refractivity contribution in [3.05, 3.63) is 101 Å². The summed E-state index contributed by atoms with van der Waals surface area (Å²) in [6.45, 7) is 0. The molecule has 0 fully saturated rings. The zero-order chi connectivity index (χ0) is 18.4. The van der Waals surface area contributed by atoms with E-state index in [4.69, 9.17) is 4.74 Å². The van der Waals surface area contributed by atoms with Gasteiger partial charge in [-0.15, -0.1) is 0 Å². The number of carbonyl (C=O) groups excluding carboxylic acids is 2. The van der Waals surface area contributed by atoms with E-state index in [-0.39, 0.29) is 11.6 Å². The molecule has 0 amide bonds. The van der Waals surface area contributed by atoms with Crippen LogP contribution < -0.4 is 4.74 Å². The molecule has 0 aliphatic carbocycles. The fraction of sp³-hybridized carbons (Fsp3) is 0.130. The van der Waals surface area contributed by atoms with Crippen LogP contribution in [0.5, 0.6) is 5.75 Å². The molecule has 0 unspecified atom stereocenters. The maximum atomic E-state index is 12.4. The number of rotatable bonds is 7. The Balaban J connectivity index is 1.61. The monoisotopic (exact) mass is 344 g/mol. The highest BCUT2D eigenvalue weighted by molar-refractivity contribution is 6.08. The number of carbonyl (C=O) groups is 2. The summed E-state index contributed by atoms with van der Waals surface area (Å²) in [6.07, 6.45) is 0.737. The smallest absolute Gasteiger partial charge is 0.193 e. The van der Waals surface area contributed by atoms with E-state index in [2.05, 4.69) is 0 Å². The van der Waals surface area contributed by atoms with Crippen molar-refractivity contribution in [1.29, 1.82) is 0 Å². The molecule has 3 heteroatoms. The van der Waals surface area contributed by atoms with E-state index in [1.165, 1.54) is 0 Å². The Morgan fingerprint density at radius 1 is 0.692 bits per heavy atom. The van der Waals surface area contributed by atoms with E-state index in [0.717, 1.165) is 16.9 Å². The van der Waals surface area contributed by atoms with Crippen LogP contribution >= 0.6 is 0 Å². The van der Waals surface area contributed by atoms with E-state index in [1.807, 2.05) is 54.6 Å². The molecule has 26 heavy (non-hydrogen) atoms. The van der Waals surface area contributed by atoms with Crippen LogP contribution in [0.4, 0.5) is 0 Å². The topological polar surface area (TPSA) is 43.4 Å². The van der Waals surface area contributed by atoms with Crippen LogP contribution in [-0.4, -0.2) is 18.7 Å². The molecule has 3 aromatic rings. The van der Waals surface area contributed by atoms with Crippen LogP contribution in [-0.2, 0) is 17.6 Å². The predicted octanol–water partition coefficient (Wildman–Crippen LogP) is 4.28. The average molecular weight is 344 g/mol. The molecule has 0 atom stereocenters. The van der Waals surface area contributed by atoms with Gasteiger partial charge in [-0.3, -0.25) is 9.59 Å². The van der Waals surface area contributed by atoms with Crippen molar-refractivity contribution >= 4 is 11.6 Å². The summed E-state index contributed by atoms with van der Waals surface area (Å²) in [5.74, 6) is 0.902. The summed E-state index contributed by atoms with van der Waals surface area (Å²) in [5, 5.41) is 0. The van der Waals surface area contributed by atoms with Crippen LogP contribution in [0, 0.1) is 0 Å². The van der Waals surface area contributed by atoms with Crippen LogP contribution in [0.25, 0.3) is 0 Å². The lowest BCUT2D eigenvalue weighted by molar-refractivity contribution is -0.117. The van der Waals surface area contributed by atoms with Crippen molar-refractivity contribution in [2.24, 2.45) is 0 Å². The Morgan fingerprint density at radius 3 is 1.73 bits per heavy atom. The average Bonchev–Trinajstić information content (AvgIpc) is 2.69. The molecule has 0 aliphatic heterocycles. The molecular formula is C23H20O3. The zero-order valence-corrected chi connectivity index (χ0v) is 14.6. The number of ketones is 2. The number of ether oxygens (including phenoxy) is 1. The number of Topliss-reactive ketones (excluding diaryl/α,β-unsaturated/α-hetero) is 1. The number of hydrogen-bond donors (Lipinski definition) is 0. The molecule has 0 heterocycles. The van der Waals surface area contributed by atoms with Crippen LogP contribution in [0.1, 0.15) is 27.0 Å². The third-order valence-corrected chi connectivity index (χ3v) is 4.21. The number of methoxy groups -OCH3 is 1. The SMILES string of the molecule is COc1ccc(CC(=O)Cc2ccc(C(=O)c3ccccc3)cc2)cc1. The van der Waals surface area contributed by atoms with Gasteiger partial charge >= 0.3 is 0 Å². The summed E-state index contributed by atoms with van der Waals surface area (Å²) < 4.78 is 5.12. The second-order valence-corrected chi connectivity index (χ2v) is 6.13. The fourth-order valence-corrected chi connectivity index (χ4v) is 2.79. The first-order valence-electron chi connectivity index (χ1n) is 8.49. The largest absolute Gasteiger partial charge is 0.497 e. The quantitative estimate of drug-likeness (QED) is 0.601. The molecule has 0 bridgehead atoms. The lowest BCUT2D eigenvalue weighted by atomic mass is 9.99. The third-order valence-electron chi connectivity index (χ3n) is 4.21. The maximum Gasteiger partial charge on any atom is 0.193 e. The first-order chi connectivity index (χ1) is 12.7. The summed E-state index contributed by atoms with van der Waals surface area (Å²) in [6, 6.07) is 24.0. The maximum absolute atomic E-state index is 12.4. The first-order valence-corrected chi connectivity index (χ1v) is 8.49. The van der Waals surface area contributed by atoms with E-state index >= 15 is 0 Å². The lowest BCUT2D eigenvalue weighted by Gasteiger charge is -2.05. The molecule has 0 N–H and O–H groups in total. The van der Waals surface area contributed by atoms with Crippen molar-refractivity contribution in [3.63, 3.8) is 0 Å². The molecule has 0 spiro atoms. The zero-order valence-electron chi connectivity index (χ0n) is 14.6. The second-order valence-electron chi connectivity index (χ2n) is 6.13. The Morgan fingerprint density at radius 2 is 1.19 bits per heavy atom.